The lowest BCUT2D eigenvalue weighted by Crippen LogP contribution is -2.14. The molecule has 98 valence electrons. The van der Waals surface area contributed by atoms with Crippen LogP contribution >= 0.6 is 0 Å². The third-order valence-corrected chi connectivity index (χ3v) is 3.62. The van der Waals surface area contributed by atoms with Crippen molar-refractivity contribution in [2.75, 3.05) is 10.5 Å². The number of nitrogens with one attached hydrogen (secondary N) is 2. The topological polar surface area (TPSA) is 119 Å². The van der Waals surface area contributed by atoms with Gasteiger partial charge in [-0.1, -0.05) is 6.92 Å². The van der Waals surface area contributed by atoms with E-state index < -0.39 is 10.0 Å². The van der Waals surface area contributed by atoms with E-state index >= 15 is 0 Å². The molecule has 0 fully saturated rings. The molecule has 0 unspecified atom stereocenters. The molecule has 0 radical (unpaired) electrons. The monoisotopic (exact) mass is 270 g/mol. The van der Waals surface area contributed by atoms with Crippen LogP contribution in [0.25, 0.3) is 0 Å². The van der Waals surface area contributed by atoms with E-state index in [0.717, 1.165) is 6.42 Å². The van der Waals surface area contributed by atoms with Gasteiger partial charge in [0.05, 0.1) is 6.20 Å². The Morgan fingerprint density at radius 2 is 2.33 bits per heavy atom. The molecule has 9 heteroatoms. The Labute approximate surface area is 104 Å². The van der Waals surface area contributed by atoms with E-state index in [1.165, 1.54) is 23.1 Å². The quantitative estimate of drug-likeness (QED) is 0.726. The van der Waals surface area contributed by atoms with Gasteiger partial charge in [-0.2, -0.15) is 10.2 Å². The summed E-state index contributed by atoms with van der Waals surface area (Å²) in [5.41, 5.74) is 5.61. The molecular formula is C9H14N6O2S. The van der Waals surface area contributed by atoms with Crippen LogP contribution in [0.1, 0.15) is 13.3 Å². The molecule has 18 heavy (non-hydrogen) atoms. The van der Waals surface area contributed by atoms with Gasteiger partial charge >= 0.3 is 0 Å². The first-order chi connectivity index (χ1) is 8.53. The molecule has 0 amide bonds. The molecule has 0 aliphatic carbocycles. The lowest BCUT2D eigenvalue weighted by Gasteiger charge is -2.03. The molecule has 0 aliphatic rings. The van der Waals surface area contributed by atoms with Crippen LogP contribution in [0, 0.1) is 0 Å². The number of nitrogen functional groups attached to an aromatic ring is 1. The smallest absolute Gasteiger partial charge is 0.268 e. The minimum atomic E-state index is -3.74. The molecule has 8 nitrogen and oxygen atoms in total. The van der Waals surface area contributed by atoms with E-state index in [-0.39, 0.29) is 16.5 Å². The second-order valence-corrected chi connectivity index (χ2v) is 5.37. The fourth-order valence-electron chi connectivity index (χ4n) is 1.48. The predicted molar refractivity (Wildman–Crippen MR) is 66.3 cm³/mol. The van der Waals surface area contributed by atoms with Crippen LogP contribution < -0.4 is 10.5 Å². The van der Waals surface area contributed by atoms with E-state index in [2.05, 4.69) is 20.0 Å². The normalized spacial score (nSPS) is 11.6. The SMILES string of the molecule is CCCn1cc(S(=O)(=O)Nc2ccn[nH]2)c(N)n1. The summed E-state index contributed by atoms with van der Waals surface area (Å²) < 4.78 is 27.9. The Kier molecular flexibility index (Phi) is 3.24. The number of aromatic nitrogens is 4. The summed E-state index contributed by atoms with van der Waals surface area (Å²) in [7, 11) is -3.74. The number of H-pyrrole nitrogens is 1. The molecule has 0 spiro atoms. The minimum Gasteiger partial charge on any atom is -0.381 e. The number of rotatable bonds is 5. The second-order valence-electron chi connectivity index (χ2n) is 3.72. The molecular weight excluding hydrogens is 256 g/mol. The van der Waals surface area contributed by atoms with Crippen molar-refractivity contribution >= 4 is 21.7 Å². The summed E-state index contributed by atoms with van der Waals surface area (Å²) in [6.07, 6.45) is 3.70. The first-order valence-corrected chi connectivity index (χ1v) is 6.86. The minimum absolute atomic E-state index is 0.0181. The summed E-state index contributed by atoms with van der Waals surface area (Å²) >= 11 is 0. The molecule has 2 heterocycles. The third kappa shape index (κ3) is 2.45. The number of nitrogens with zero attached hydrogens (tertiary/aromatic N) is 3. The van der Waals surface area contributed by atoms with Crippen LogP contribution in [0.4, 0.5) is 11.6 Å². The van der Waals surface area contributed by atoms with Crippen molar-refractivity contribution in [1.29, 1.82) is 0 Å². The molecule has 0 aliphatic heterocycles. The Hall–Kier alpha value is -2.03. The second kappa shape index (κ2) is 4.69. The molecule has 4 N–H and O–H groups in total. The van der Waals surface area contributed by atoms with Crippen molar-refractivity contribution in [2.45, 2.75) is 24.8 Å². The summed E-state index contributed by atoms with van der Waals surface area (Å²) in [5.74, 6) is 0.258. The number of nitrogens with two attached hydrogens (primary N) is 1. The van der Waals surface area contributed by atoms with E-state index in [0.29, 0.717) is 6.54 Å². The van der Waals surface area contributed by atoms with E-state index in [1.807, 2.05) is 6.92 Å². The van der Waals surface area contributed by atoms with Gasteiger partial charge in [0.1, 0.15) is 10.7 Å². The zero-order valence-electron chi connectivity index (χ0n) is 9.79. The highest BCUT2D eigenvalue weighted by molar-refractivity contribution is 7.92. The summed E-state index contributed by atoms with van der Waals surface area (Å²) in [6.45, 7) is 2.58. The molecule has 2 aromatic rings. The Morgan fingerprint density at radius 1 is 1.56 bits per heavy atom. The van der Waals surface area contributed by atoms with Crippen molar-refractivity contribution in [2.24, 2.45) is 0 Å². The number of sulfonamides is 1. The predicted octanol–water partition coefficient (Wildman–Crippen LogP) is 0.399. The average molecular weight is 270 g/mol. The number of hydrogen-bond acceptors (Lipinski definition) is 5. The van der Waals surface area contributed by atoms with E-state index in [9.17, 15) is 8.42 Å². The zero-order valence-corrected chi connectivity index (χ0v) is 10.6. The highest BCUT2D eigenvalue weighted by Gasteiger charge is 2.21. The first-order valence-electron chi connectivity index (χ1n) is 5.38. The number of aromatic amines is 1. The Balaban J connectivity index is 2.29. The van der Waals surface area contributed by atoms with Crippen LogP contribution in [0.5, 0.6) is 0 Å². The highest BCUT2D eigenvalue weighted by Crippen LogP contribution is 2.19. The van der Waals surface area contributed by atoms with Crippen molar-refractivity contribution < 1.29 is 8.42 Å². The van der Waals surface area contributed by atoms with Crippen molar-refractivity contribution in [3.05, 3.63) is 18.5 Å². The Bertz CT molecular complexity index is 616. The number of aryl methyl sites for hydroxylation is 1. The Morgan fingerprint density at radius 3 is 2.94 bits per heavy atom. The van der Waals surface area contributed by atoms with E-state index in [4.69, 9.17) is 5.73 Å². The van der Waals surface area contributed by atoms with Gasteiger partial charge in [0, 0.05) is 18.8 Å². The van der Waals surface area contributed by atoms with Gasteiger partial charge < -0.3 is 5.73 Å². The third-order valence-electron chi connectivity index (χ3n) is 2.24. The standard InChI is InChI=1S/C9H14N6O2S/c1-2-5-15-6-7(9(10)13-15)18(16,17)14-8-3-4-11-12-8/h3-4,6H,2,5H2,1H3,(H2,10,13)(H2,11,12,14). The maximum absolute atomic E-state index is 12.0. The van der Waals surface area contributed by atoms with E-state index in [1.54, 1.807) is 0 Å². The van der Waals surface area contributed by atoms with Gasteiger partial charge in [-0.05, 0) is 6.42 Å². The molecule has 0 aromatic carbocycles. The van der Waals surface area contributed by atoms with Crippen molar-refractivity contribution in [3.8, 4) is 0 Å². The molecule has 0 atom stereocenters. The van der Waals surface area contributed by atoms with Crippen LogP contribution in [0.2, 0.25) is 0 Å². The lowest BCUT2D eigenvalue weighted by atomic mass is 10.5. The molecule has 2 rings (SSSR count). The maximum atomic E-state index is 12.0. The van der Waals surface area contributed by atoms with Crippen LogP contribution in [-0.4, -0.2) is 28.4 Å². The van der Waals surface area contributed by atoms with Gasteiger partial charge in [0.25, 0.3) is 10.0 Å². The summed E-state index contributed by atoms with van der Waals surface area (Å²) in [5, 5.41) is 10.1. The van der Waals surface area contributed by atoms with Gasteiger partial charge in [0.15, 0.2) is 5.82 Å². The van der Waals surface area contributed by atoms with Gasteiger partial charge in [0.2, 0.25) is 0 Å². The number of anilines is 2. The zero-order chi connectivity index (χ0) is 13.2. The van der Waals surface area contributed by atoms with Crippen molar-refractivity contribution in [3.63, 3.8) is 0 Å². The lowest BCUT2D eigenvalue weighted by molar-refractivity contribution is 0.595. The van der Waals surface area contributed by atoms with Crippen LogP contribution in [0.3, 0.4) is 0 Å². The van der Waals surface area contributed by atoms with Gasteiger partial charge in [-0.15, -0.1) is 0 Å². The van der Waals surface area contributed by atoms with Crippen molar-refractivity contribution in [1.82, 2.24) is 20.0 Å². The maximum Gasteiger partial charge on any atom is 0.268 e. The van der Waals surface area contributed by atoms with Gasteiger partial charge in [-0.3, -0.25) is 14.5 Å². The first kappa shape index (κ1) is 12.4. The average Bonchev–Trinajstić information content (AvgIpc) is 2.88. The van der Waals surface area contributed by atoms with Crippen LogP contribution in [-0.2, 0) is 16.6 Å². The molecule has 0 saturated heterocycles. The largest absolute Gasteiger partial charge is 0.381 e. The van der Waals surface area contributed by atoms with Gasteiger partial charge in [-0.25, -0.2) is 8.42 Å². The number of hydrogen-bond donors (Lipinski definition) is 3. The fraction of sp³-hybridized carbons (Fsp3) is 0.333. The highest BCUT2D eigenvalue weighted by atomic mass is 32.2. The molecule has 0 saturated carbocycles. The molecule has 0 bridgehead atoms. The molecule has 2 aromatic heterocycles. The van der Waals surface area contributed by atoms with Crippen LogP contribution in [0.15, 0.2) is 23.4 Å². The summed E-state index contributed by atoms with van der Waals surface area (Å²) in [6, 6.07) is 1.50. The summed E-state index contributed by atoms with van der Waals surface area (Å²) in [4.78, 5) is -0.0365. The fourth-order valence-corrected chi connectivity index (χ4v) is 2.57.